The van der Waals surface area contributed by atoms with Gasteiger partial charge in [0.25, 0.3) is 0 Å². The van der Waals surface area contributed by atoms with Crippen molar-refractivity contribution in [3.63, 3.8) is 0 Å². The second kappa shape index (κ2) is 6.77. The minimum atomic E-state index is 0.472. The lowest BCUT2D eigenvalue weighted by atomic mass is 9.63. The molecule has 0 aromatic heterocycles. The van der Waals surface area contributed by atoms with Crippen molar-refractivity contribution in [1.82, 2.24) is 0 Å². The Morgan fingerprint density at radius 1 is 0.941 bits per heavy atom. The van der Waals surface area contributed by atoms with Crippen LogP contribution in [0.2, 0.25) is 0 Å². The minimum absolute atomic E-state index is 0.472. The molecule has 1 aliphatic carbocycles. The van der Waals surface area contributed by atoms with Gasteiger partial charge in [-0.25, -0.2) is 0 Å². The van der Waals surface area contributed by atoms with Crippen molar-refractivity contribution in [3.05, 3.63) is 35.9 Å². The molecule has 0 unspecified atom stereocenters. The lowest BCUT2D eigenvalue weighted by Crippen LogP contribution is -2.34. The average Bonchev–Trinajstić information content (AvgIpc) is 2.42. The largest absolute Gasteiger partial charge is 0.255 e. The van der Waals surface area contributed by atoms with Crippen molar-refractivity contribution in [1.29, 1.82) is 0 Å². The fourth-order valence-electron chi connectivity index (χ4n) is 3.15. The quantitative estimate of drug-likeness (QED) is 0.583. The summed E-state index contributed by atoms with van der Waals surface area (Å²) in [6.45, 7) is 4.77. The second-order valence-corrected chi connectivity index (χ2v) is 5.24. The van der Waals surface area contributed by atoms with E-state index >= 15 is 0 Å². The SMILES string of the molecule is CC(C)C1(c2ccccc2)CCCCC1.OO. The van der Waals surface area contributed by atoms with Crippen LogP contribution in [-0.2, 0) is 5.41 Å². The third-order valence-electron chi connectivity index (χ3n) is 4.20. The summed E-state index contributed by atoms with van der Waals surface area (Å²) < 4.78 is 0. The van der Waals surface area contributed by atoms with E-state index in [1.165, 1.54) is 32.1 Å². The van der Waals surface area contributed by atoms with Crippen LogP contribution in [0.5, 0.6) is 0 Å². The first kappa shape index (κ1) is 14.2. The van der Waals surface area contributed by atoms with E-state index in [0.29, 0.717) is 5.41 Å². The predicted octanol–water partition coefficient (Wildman–Crippen LogP) is 4.56. The summed E-state index contributed by atoms with van der Waals surface area (Å²) in [6, 6.07) is 11.2. The smallest absolute Gasteiger partial charge is 0.00240 e. The Kier molecular flexibility index (Phi) is 5.66. The van der Waals surface area contributed by atoms with Gasteiger partial charge in [-0.3, -0.25) is 10.5 Å². The molecule has 96 valence electrons. The summed E-state index contributed by atoms with van der Waals surface area (Å²) in [4.78, 5) is 0. The maximum absolute atomic E-state index is 6.00. The van der Waals surface area contributed by atoms with Crippen molar-refractivity contribution in [2.75, 3.05) is 0 Å². The van der Waals surface area contributed by atoms with Gasteiger partial charge < -0.3 is 0 Å². The van der Waals surface area contributed by atoms with Crippen molar-refractivity contribution in [2.45, 2.75) is 51.4 Å². The number of hydrogen-bond acceptors (Lipinski definition) is 2. The number of hydrogen-bond donors (Lipinski definition) is 2. The van der Waals surface area contributed by atoms with Crippen molar-refractivity contribution in [3.8, 4) is 0 Å². The van der Waals surface area contributed by atoms with E-state index in [4.69, 9.17) is 10.5 Å². The molecule has 1 fully saturated rings. The van der Waals surface area contributed by atoms with Crippen molar-refractivity contribution < 1.29 is 10.5 Å². The van der Waals surface area contributed by atoms with E-state index in [2.05, 4.69) is 44.2 Å². The third-order valence-corrected chi connectivity index (χ3v) is 4.20. The molecule has 2 rings (SSSR count). The molecule has 1 aromatic carbocycles. The summed E-state index contributed by atoms with van der Waals surface area (Å²) >= 11 is 0. The highest BCUT2D eigenvalue weighted by molar-refractivity contribution is 5.26. The third kappa shape index (κ3) is 3.08. The van der Waals surface area contributed by atoms with Gasteiger partial charge in [0.15, 0.2) is 0 Å². The van der Waals surface area contributed by atoms with Crippen LogP contribution in [0.1, 0.15) is 51.5 Å². The molecule has 0 atom stereocenters. The average molecular weight is 236 g/mol. The van der Waals surface area contributed by atoms with Gasteiger partial charge in [-0.1, -0.05) is 63.4 Å². The molecule has 0 aliphatic heterocycles. The van der Waals surface area contributed by atoms with Crippen LogP contribution in [0, 0.1) is 5.92 Å². The van der Waals surface area contributed by atoms with Gasteiger partial charge in [0, 0.05) is 0 Å². The molecule has 1 saturated carbocycles. The second-order valence-electron chi connectivity index (χ2n) is 5.24. The van der Waals surface area contributed by atoms with Gasteiger partial charge in [0.1, 0.15) is 0 Å². The number of rotatable bonds is 2. The van der Waals surface area contributed by atoms with Crippen LogP contribution in [0.3, 0.4) is 0 Å². The van der Waals surface area contributed by atoms with Crippen LogP contribution < -0.4 is 0 Å². The molecule has 0 saturated heterocycles. The van der Waals surface area contributed by atoms with Gasteiger partial charge in [0.05, 0.1) is 0 Å². The molecule has 2 nitrogen and oxygen atoms in total. The Morgan fingerprint density at radius 3 is 1.94 bits per heavy atom. The molecule has 17 heavy (non-hydrogen) atoms. The van der Waals surface area contributed by atoms with Crippen LogP contribution in [0.25, 0.3) is 0 Å². The Labute approximate surface area is 104 Å². The number of benzene rings is 1. The maximum atomic E-state index is 6.00. The van der Waals surface area contributed by atoms with E-state index in [-0.39, 0.29) is 0 Å². The van der Waals surface area contributed by atoms with E-state index in [1.54, 1.807) is 5.56 Å². The fraction of sp³-hybridized carbons (Fsp3) is 0.600. The van der Waals surface area contributed by atoms with Gasteiger partial charge in [-0.05, 0) is 29.7 Å². The van der Waals surface area contributed by atoms with Gasteiger partial charge in [-0.15, -0.1) is 0 Å². The summed E-state index contributed by atoms with van der Waals surface area (Å²) in [6.07, 6.45) is 7.02. The normalized spacial score (nSPS) is 18.4. The molecular weight excluding hydrogens is 212 g/mol. The van der Waals surface area contributed by atoms with Crippen LogP contribution in [0.15, 0.2) is 30.3 Å². The van der Waals surface area contributed by atoms with Crippen molar-refractivity contribution in [2.24, 2.45) is 5.92 Å². The molecule has 1 aromatic rings. The molecular formula is C15H24O2. The van der Waals surface area contributed by atoms with Gasteiger partial charge in [-0.2, -0.15) is 0 Å². The monoisotopic (exact) mass is 236 g/mol. The molecule has 1 aliphatic rings. The lowest BCUT2D eigenvalue weighted by Gasteiger charge is -2.41. The zero-order valence-electron chi connectivity index (χ0n) is 10.9. The fourth-order valence-corrected chi connectivity index (χ4v) is 3.15. The summed E-state index contributed by atoms with van der Waals surface area (Å²) in [7, 11) is 0. The highest BCUT2D eigenvalue weighted by Crippen LogP contribution is 2.44. The molecule has 0 bridgehead atoms. The van der Waals surface area contributed by atoms with E-state index in [0.717, 1.165) is 5.92 Å². The zero-order chi connectivity index (χ0) is 12.7. The van der Waals surface area contributed by atoms with Crippen LogP contribution in [-0.4, -0.2) is 10.5 Å². The van der Waals surface area contributed by atoms with Gasteiger partial charge in [0.2, 0.25) is 0 Å². The first-order valence-corrected chi connectivity index (χ1v) is 6.51. The van der Waals surface area contributed by atoms with Gasteiger partial charge >= 0.3 is 0 Å². The standard InChI is InChI=1S/C15H22.H2O2/c1-13(2)15(11-7-4-8-12-15)14-9-5-3-6-10-14;1-2/h3,5-6,9-10,13H,4,7-8,11-12H2,1-2H3;1-2H. The van der Waals surface area contributed by atoms with Crippen LogP contribution >= 0.6 is 0 Å². The summed E-state index contributed by atoms with van der Waals surface area (Å²) in [5.41, 5.74) is 2.04. The highest BCUT2D eigenvalue weighted by Gasteiger charge is 2.36. The Bertz CT molecular complexity index is 300. The molecule has 2 N–H and O–H groups in total. The minimum Gasteiger partial charge on any atom is -0.255 e. The molecule has 0 amide bonds. The van der Waals surface area contributed by atoms with Crippen molar-refractivity contribution >= 4 is 0 Å². The highest BCUT2D eigenvalue weighted by atomic mass is 17.0. The van der Waals surface area contributed by atoms with E-state index in [9.17, 15) is 0 Å². The molecule has 2 heteroatoms. The Balaban J connectivity index is 0.000000686. The molecule has 0 heterocycles. The van der Waals surface area contributed by atoms with E-state index in [1.807, 2.05) is 0 Å². The first-order valence-electron chi connectivity index (χ1n) is 6.51. The topological polar surface area (TPSA) is 40.5 Å². The van der Waals surface area contributed by atoms with E-state index < -0.39 is 0 Å². The molecule has 0 spiro atoms. The molecule has 0 radical (unpaired) electrons. The summed E-state index contributed by atoms with van der Waals surface area (Å²) in [5, 5.41) is 12.0. The zero-order valence-corrected chi connectivity index (χ0v) is 10.9. The first-order chi connectivity index (χ1) is 8.26. The maximum Gasteiger partial charge on any atom is -0.00240 e. The predicted molar refractivity (Wildman–Crippen MR) is 71.3 cm³/mol. The Hall–Kier alpha value is -0.860. The Morgan fingerprint density at radius 2 is 1.47 bits per heavy atom. The van der Waals surface area contributed by atoms with Crippen LogP contribution in [0.4, 0.5) is 0 Å². The lowest BCUT2D eigenvalue weighted by molar-refractivity contribution is -0.176. The summed E-state index contributed by atoms with van der Waals surface area (Å²) in [5.74, 6) is 0.764.